The molecule has 14 nitrogen and oxygen atoms in total. The van der Waals surface area contributed by atoms with Gasteiger partial charge >= 0.3 is 0 Å². The van der Waals surface area contributed by atoms with Crippen molar-refractivity contribution < 1.29 is 64.6 Å². The maximum absolute atomic E-state index is 13.4. The molecule has 0 bridgehead atoms. The Balaban J connectivity index is 1.66. The first-order valence-corrected chi connectivity index (χ1v) is 38.5. The molecule has 12 unspecified atom stereocenters. The maximum Gasteiger partial charge on any atom is 0.220 e. The fraction of sp³-hybridized carbons (Fsp3) is 0.859. The Morgan fingerprint density at radius 3 is 1.13 bits per heavy atom. The SMILES string of the molecule is CCCCCCC/C=C\C/C=C\CCCCCCCCCCCCCCCCCCCCCC(=O)NC(COC1OC(CO)C(OC2OC(CO)C(O)C(O)C2O)C(O)C1O)C(O)/C=C/CC/C=C/CC/C=C/CCCCCCCCCCCCCCCCCCC. The van der Waals surface area contributed by atoms with Gasteiger partial charge < -0.3 is 65.1 Å². The minimum absolute atomic E-state index is 0.249. The Bertz CT molecular complexity index is 1780. The lowest BCUT2D eigenvalue weighted by atomic mass is 9.97. The van der Waals surface area contributed by atoms with Gasteiger partial charge in [0.2, 0.25) is 5.91 Å². The van der Waals surface area contributed by atoms with Crippen molar-refractivity contribution in [1.82, 2.24) is 5.32 Å². The first kappa shape index (κ1) is 85.8. The van der Waals surface area contributed by atoms with Crippen LogP contribution < -0.4 is 5.32 Å². The van der Waals surface area contributed by atoms with E-state index in [0.717, 1.165) is 51.4 Å². The molecule has 14 heteroatoms. The van der Waals surface area contributed by atoms with E-state index in [2.05, 4.69) is 67.8 Å². The molecule has 0 aromatic rings. The summed E-state index contributed by atoms with van der Waals surface area (Å²) in [5, 5.41) is 87.6. The van der Waals surface area contributed by atoms with E-state index in [9.17, 15) is 45.6 Å². The summed E-state index contributed by atoms with van der Waals surface area (Å²) in [7, 11) is 0. The van der Waals surface area contributed by atoms with Crippen molar-refractivity contribution in [1.29, 1.82) is 0 Å². The van der Waals surface area contributed by atoms with Crippen LogP contribution in [0.15, 0.2) is 60.8 Å². The molecular weight excluding hydrogens is 1160 g/mol. The lowest BCUT2D eigenvalue weighted by Gasteiger charge is -2.46. The highest BCUT2D eigenvalue weighted by atomic mass is 16.7. The van der Waals surface area contributed by atoms with E-state index in [1.165, 1.54) is 250 Å². The van der Waals surface area contributed by atoms with Gasteiger partial charge in [0.1, 0.15) is 48.8 Å². The van der Waals surface area contributed by atoms with Crippen LogP contribution in [0.2, 0.25) is 0 Å². The zero-order valence-electron chi connectivity index (χ0n) is 58.8. The molecule has 538 valence electrons. The van der Waals surface area contributed by atoms with Crippen molar-refractivity contribution in [3.63, 3.8) is 0 Å². The topological polar surface area (TPSA) is 228 Å². The normalized spacial score (nSPS) is 23.0. The minimum atomic E-state index is -1.79. The molecule has 9 N–H and O–H groups in total. The lowest BCUT2D eigenvalue weighted by molar-refractivity contribution is -0.359. The van der Waals surface area contributed by atoms with Gasteiger partial charge in [-0.25, -0.2) is 0 Å². The van der Waals surface area contributed by atoms with Gasteiger partial charge in [0.25, 0.3) is 0 Å². The van der Waals surface area contributed by atoms with Gasteiger partial charge in [0.15, 0.2) is 12.6 Å². The molecule has 0 radical (unpaired) electrons. The van der Waals surface area contributed by atoms with Crippen LogP contribution in [0.1, 0.15) is 335 Å². The Morgan fingerprint density at radius 1 is 0.391 bits per heavy atom. The molecule has 2 aliphatic heterocycles. The quantitative estimate of drug-likeness (QED) is 0.0204. The smallest absolute Gasteiger partial charge is 0.220 e. The number of aliphatic hydroxyl groups is 8. The van der Waals surface area contributed by atoms with E-state index < -0.39 is 86.8 Å². The maximum atomic E-state index is 13.4. The molecule has 2 rings (SSSR count). The third kappa shape index (κ3) is 45.2. The second-order valence-corrected chi connectivity index (χ2v) is 27.1. The largest absolute Gasteiger partial charge is 0.394 e. The molecule has 2 saturated heterocycles. The third-order valence-corrected chi connectivity index (χ3v) is 18.7. The standard InChI is InChI=1S/C78H143NO13/c1-3-5-7-9-11-13-15-17-19-21-23-25-27-29-31-32-33-34-36-38-40-42-44-46-48-50-52-54-56-58-60-62-70(83)79-66(65-89-77-75(88)73(86)76(69(64-81)91-77)92-78-74(87)72(85)71(84)68(63-80)90-78)67(82)61-59-57-55-53-51-49-47-45-43-41-39-37-35-30-28-26-24-22-20-18-16-14-12-10-8-6-4-2/h15,17,21,23,43,45,51,53,59,61,66-69,71-78,80-82,84-88H,3-14,16,18-20,22,24-42,44,46-50,52,54-58,60,62-65H2,1-2H3,(H,79,83)/b17-15-,23-21-,45-43+,53-51+,61-59+. The Kier molecular flexibility index (Phi) is 58.0. The molecular formula is C78H143NO13. The molecule has 0 saturated carbocycles. The fourth-order valence-electron chi connectivity index (χ4n) is 12.5. The van der Waals surface area contributed by atoms with Crippen LogP contribution in [0.25, 0.3) is 0 Å². The second kappa shape index (κ2) is 62.2. The number of rotatable bonds is 64. The highest BCUT2D eigenvalue weighted by molar-refractivity contribution is 5.76. The number of allylic oxidation sites excluding steroid dienone is 9. The summed E-state index contributed by atoms with van der Waals surface area (Å²) in [6.07, 6.45) is 67.2. The predicted octanol–water partition coefficient (Wildman–Crippen LogP) is 16.8. The van der Waals surface area contributed by atoms with E-state index in [0.29, 0.717) is 12.8 Å². The third-order valence-electron chi connectivity index (χ3n) is 18.7. The Morgan fingerprint density at radius 2 is 0.728 bits per heavy atom. The molecule has 92 heavy (non-hydrogen) atoms. The number of carbonyl (C=O) groups is 1. The number of amides is 1. The van der Waals surface area contributed by atoms with E-state index in [4.69, 9.17) is 18.9 Å². The van der Waals surface area contributed by atoms with Crippen molar-refractivity contribution in [3.05, 3.63) is 60.8 Å². The van der Waals surface area contributed by atoms with Crippen molar-refractivity contribution >= 4 is 5.91 Å². The summed E-state index contributed by atoms with van der Waals surface area (Å²) in [5.74, 6) is -0.249. The zero-order valence-corrected chi connectivity index (χ0v) is 58.8. The van der Waals surface area contributed by atoms with Crippen LogP contribution >= 0.6 is 0 Å². The van der Waals surface area contributed by atoms with Crippen LogP contribution in [0, 0.1) is 0 Å². The molecule has 0 aromatic carbocycles. The minimum Gasteiger partial charge on any atom is -0.394 e. The van der Waals surface area contributed by atoms with Gasteiger partial charge in [-0.15, -0.1) is 0 Å². The number of nitrogens with one attached hydrogen (secondary N) is 1. The van der Waals surface area contributed by atoms with E-state index in [1.54, 1.807) is 6.08 Å². The van der Waals surface area contributed by atoms with Crippen LogP contribution in [0.5, 0.6) is 0 Å². The molecule has 0 aromatic heterocycles. The first-order valence-electron chi connectivity index (χ1n) is 38.5. The number of hydrogen-bond acceptors (Lipinski definition) is 13. The van der Waals surface area contributed by atoms with Gasteiger partial charge in [-0.05, 0) is 77.0 Å². The summed E-state index contributed by atoms with van der Waals surface area (Å²) in [6.45, 7) is 2.81. The fourth-order valence-corrected chi connectivity index (χ4v) is 12.5. The van der Waals surface area contributed by atoms with Crippen LogP contribution in [-0.2, 0) is 23.7 Å². The van der Waals surface area contributed by atoms with Crippen molar-refractivity contribution in [2.75, 3.05) is 19.8 Å². The number of unbranched alkanes of at least 4 members (excludes halogenated alkanes) is 43. The Labute approximate surface area is 562 Å². The summed E-state index contributed by atoms with van der Waals surface area (Å²) in [5.41, 5.74) is 0. The van der Waals surface area contributed by atoms with E-state index in [-0.39, 0.29) is 18.9 Å². The summed E-state index contributed by atoms with van der Waals surface area (Å²) >= 11 is 0. The number of carbonyl (C=O) groups excluding carboxylic acids is 1. The molecule has 12 atom stereocenters. The lowest BCUT2D eigenvalue weighted by Crippen LogP contribution is -2.65. The van der Waals surface area contributed by atoms with Gasteiger partial charge in [0.05, 0.1) is 32.0 Å². The predicted molar refractivity (Wildman–Crippen MR) is 378 cm³/mol. The highest BCUT2D eigenvalue weighted by Crippen LogP contribution is 2.30. The van der Waals surface area contributed by atoms with E-state index >= 15 is 0 Å². The second-order valence-electron chi connectivity index (χ2n) is 27.1. The van der Waals surface area contributed by atoms with Crippen molar-refractivity contribution in [2.24, 2.45) is 0 Å². The van der Waals surface area contributed by atoms with Gasteiger partial charge in [0, 0.05) is 6.42 Å². The van der Waals surface area contributed by atoms with Gasteiger partial charge in [-0.1, -0.05) is 312 Å². The van der Waals surface area contributed by atoms with Crippen molar-refractivity contribution in [2.45, 2.75) is 408 Å². The molecule has 2 fully saturated rings. The van der Waals surface area contributed by atoms with Gasteiger partial charge in [-0.2, -0.15) is 0 Å². The zero-order chi connectivity index (χ0) is 66.6. The summed E-state index contributed by atoms with van der Waals surface area (Å²) < 4.78 is 22.9. The monoisotopic (exact) mass is 1300 g/mol. The molecule has 0 aliphatic carbocycles. The number of hydrogen-bond donors (Lipinski definition) is 9. The van der Waals surface area contributed by atoms with Crippen LogP contribution in [-0.4, -0.2) is 140 Å². The first-order chi connectivity index (χ1) is 45.1. The molecule has 2 heterocycles. The van der Waals surface area contributed by atoms with Crippen LogP contribution in [0.3, 0.4) is 0 Å². The molecule has 0 spiro atoms. The summed E-state index contributed by atoms with van der Waals surface area (Å²) in [6, 6.07) is -0.941. The Hall–Kier alpha value is -2.31. The van der Waals surface area contributed by atoms with Crippen LogP contribution in [0.4, 0.5) is 0 Å². The number of aliphatic hydroxyl groups excluding tert-OH is 8. The van der Waals surface area contributed by atoms with E-state index in [1.807, 2.05) is 6.08 Å². The average molecular weight is 1300 g/mol. The van der Waals surface area contributed by atoms with Gasteiger partial charge in [-0.3, -0.25) is 4.79 Å². The molecule has 1 amide bonds. The molecule has 2 aliphatic rings. The highest BCUT2D eigenvalue weighted by Gasteiger charge is 2.51. The van der Waals surface area contributed by atoms with Crippen molar-refractivity contribution in [3.8, 4) is 0 Å². The average Bonchev–Trinajstić information content (AvgIpc) is 0.844. The summed E-state index contributed by atoms with van der Waals surface area (Å²) in [4.78, 5) is 13.4. The number of ether oxygens (including phenoxy) is 4.